The Hall–Kier alpha value is -1.13. The molecule has 1 rings (SSSR count). The standard InChI is InChI=1S/C11H16FNO2/c1-13-9(7-14-2)8-5-4-6-10(15-3)11(8)12/h4-6,9,13H,7H2,1-3H3. The second-order valence-electron chi connectivity index (χ2n) is 3.16. The molecule has 1 aromatic carbocycles. The first-order valence-corrected chi connectivity index (χ1v) is 4.73. The molecule has 0 heterocycles. The lowest BCUT2D eigenvalue weighted by Gasteiger charge is -2.17. The Bertz CT molecular complexity index is 317. The van der Waals surface area contributed by atoms with E-state index in [2.05, 4.69) is 5.32 Å². The van der Waals surface area contributed by atoms with Gasteiger partial charge in [-0.25, -0.2) is 4.39 Å². The largest absolute Gasteiger partial charge is 0.494 e. The van der Waals surface area contributed by atoms with Gasteiger partial charge < -0.3 is 14.8 Å². The Labute approximate surface area is 89.2 Å². The number of methoxy groups -OCH3 is 2. The van der Waals surface area contributed by atoms with E-state index in [0.717, 1.165) is 0 Å². The average Bonchev–Trinajstić information content (AvgIpc) is 2.27. The molecule has 3 nitrogen and oxygen atoms in total. The highest BCUT2D eigenvalue weighted by Crippen LogP contribution is 2.24. The molecule has 84 valence electrons. The van der Waals surface area contributed by atoms with Gasteiger partial charge in [0.05, 0.1) is 19.8 Å². The van der Waals surface area contributed by atoms with Crippen LogP contribution in [0.15, 0.2) is 18.2 Å². The van der Waals surface area contributed by atoms with Gasteiger partial charge in [0.1, 0.15) is 0 Å². The van der Waals surface area contributed by atoms with Gasteiger partial charge in [0.15, 0.2) is 11.6 Å². The summed E-state index contributed by atoms with van der Waals surface area (Å²) in [5, 5.41) is 2.99. The fourth-order valence-corrected chi connectivity index (χ4v) is 1.45. The summed E-state index contributed by atoms with van der Waals surface area (Å²) in [5.74, 6) is -0.0831. The van der Waals surface area contributed by atoms with Crippen molar-refractivity contribution in [2.24, 2.45) is 0 Å². The van der Waals surface area contributed by atoms with E-state index in [1.165, 1.54) is 7.11 Å². The van der Waals surface area contributed by atoms with Crippen molar-refractivity contribution in [2.75, 3.05) is 27.9 Å². The first-order chi connectivity index (χ1) is 7.24. The van der Waals surface area contributed by atoms with Crippen molar-refractivity contribution in [3.8, 4) is 5.75 Å². The van der Waals surface area contributed by atoms with Crippen LogP contribution in [0.5, 0.6) is 5.75 Å². The number of likely N-dealkylation sites (N-methyl/N-ethyl adjacent to an activating group) is 1. The molecule has 4 heteroatoms. The van der Waals surface area contributed by atoms with E-state index in [0.29, 0.717) is 12.2 Å². The highest BCUT2D eigenvalue weighted by Gasteiger charge is 2.16. The Morgan fingerprint density at radius 2 is 2.13 bits per heavy atom. The minimum atomic E-state index is -0.337. The first kappa shape index (κ1) is 11.9. The normalized spacial score (nSPS) is 12.5. The second kappa shape index (κ2) is 5.68. The van der Waals surface area contributed by atoms with Crippen LogP contribution in [0.4, 0.5) is 4.39 Å². The number of halogens is 1. The molecular weight excluding hydrogens is 197 g/mol. The fraction of sp³-hybridized carbons (Fsp3) is 0.455. The Morgan fingerprint density at radius 1 is 1.40 bits per heavy atom. The molecule has 0 saturated carbocycles. The number of rotatable bonds is 5. The van der Waals surface area contributed by atoms with Crippen LogP contribution in [0.2, 0.25) is 0 Å². The van der Waals surface area contributed by atoms with Gasteiger partial charge in [-0.3, -0.25) is 0 Å². The van der Waals surface area contributed by atoms with Gasteiger partial charge in [0, 0.05) is 12.7 Å². The van der Waals surface area contributed by atoms with Crippen LogP contribution in [0.3, 0.4) is 0 Å². The third-order valence-electron chi connectivity index (χ3n) is 2.27. The zero-order valence-corrected chi connectivity index (χ0v) is 9.21. The summed E-state index contributed by atoms with van der Waals surface area (Å²) < 4.78 is 23.7. The van der Waals surface area contributed by atoms with Crippen LogP contribution < -0.4 is 10.1 Å². The van der Waals surface area contributed by atoms with E-state index < -0.39 is 0 Å². The first-order valence-electron chi connectivity index (χ1n) is 4.73. The molecule has 1 atom stereocenters. The van der Waals surface area contributed by atoms with Crippen molar-refractivity contribution in [3.63, 3.8) is 0 Å². The van der Waals surface area contributed by atoms with Crippen molar-refractivity contribution >= 4 is 0 Å². The molecule has 0 aliphatic heterocycles. The maximum absolute atomic E-state index is 13.8. The molecule has 0 aliphatic carbocycles. The summed E-state index contributed by atoms with van der Waals surface area (Å²) >= 11 is 0. The summed E-state index contributed by atoms with van der Waals surface area (Å²) in [6.45, 7) is 0.417. The average molecular weight is 213 g/mol. The van der Waals surface area contributed by atoms with Crippen LogP contribution in [-0.2, 0) is 4.74 Å². The van der Waals surface area contributed by atoms with Crippen LogP contribution in [-0.4, -0.2) is 27.9 Å². The van der Waals surface area contributed by atoms with Crippen molar-refractivity contribution in [3.05, 3.63) is 29.6 Å². The maximum atomic E-state index is 13.8. The van der Waals surface area contributed by atoms with Crippen LogP contribution in [0.1, 0.15) is 11.6 Å². The number of hydrogen-bond acceptors (Lipinski definition) is 3. The van der Waals surface area contributed by atoms with Crippen LogP contribution >= 0.6 is 0 Å². The quantitative estimate of drug-likeness (QED) is 0.808. The van der Waals surface area contributed by atoms with Gasteiger partial charge in [-0.05, 0) is 13.1 Å². The van der Waals surface area contributed by atoms with Gasteiger partial charge in [-0.1, -0.05) is 12.1 Å². The highest BCUT2D eigenvalue weighted by molar-refractivity contribution is 5.33. The second-order valence-corrected chi connectivity index (χ2v) is 3.16. The van der Waals surface area contributed by atoms with Crippen molar-refractivity contribution < 1.29 is 13.9 Å². The number of nitrogens with one attached hydrogen (secondary N) is 1. The molecule has 0 bridgehead atoms. The Kier molecular flexibility index (Phi) is 4.52. The van der Waals surface area contributed by atoms with Crippen molar-refractivity contribution in [2.45, 2.75) is 6.04 Å². The summed E-state index contributed by atoms with van der Waals surface area (Å²) in [6.07, 6.45) is 0. The Morgan fingerprint density at radius 3 is 2.67 bits per heavy atom. The summed E-state index contributed by atoms with van der Waals surface area (Å²) in [6, 6.07) is 4.92. The predicted octanol–water partition coefficient (Wildman–Crippen LogP) is 1.74. The summed E-state index contributed by atoms with van der Waals surface area (Å²) in [7, 11) is 4.80. The molecule has 0 aliphatic rings. The molecule has 0 amide bonds. The van der Waals surface area contributed by atoms with E-state index in [1.54, 1.807) is 32.4 Å². The van der Waals surface area contributed by atoms with E-state index >= 15 is 0 Å². The molecular formula is C11H16FNO2. The topological polar surface area (TPSA) is 30.5 Å². The van der Waals surface area contributed by atoms with Gasteiger partial charge >= 0.3 is 0 Å². The molecule has 0 saturated heterocycles. The summed E-state index contributed by atoms with van der Waals surface area (Å²) in [4.78, 5) is 0. The lowest BCUT2D eigenvalue weighted by Crippen LogP contribution is -2.22. The monoisotopic (exact) mass is 213 g/mol. The molecule has 0 radical (unpaired) electrons. The zero-order chi connectivity index (χ0) is 11.3. The van der Waals surface area contributed by atoms with E-state index in [-0.39, 0.29) is 17.6 Å². The minimum Gasteiger partial charge on any atom is -0.494 e. The number of ether oxygens (including phenoxy) is 2. The molecule has 1 unspecified atom stereocenters. The number of hydrogen-bond donors (Lipinski definition) is 1. The fourth-order valence-electron chi connectivity index (χ4n) is 1.45. The molecule has 0 fully saturated rings. The smallest absolute Gasteiger partial charge is 0.169 e. The zero-order valence-electron chi connectivity index (χ0n) is 9.21. The molecule has 0 aromatic heterocycles. The third kappa shape index (κ3) is 2.67. The summed E-state index contributed by atoms with van der Waals surface area (Å²) in [5.41, 5.74) is 0.554. The van der Waals surface area contributed by atoms with Gasteiger partial charge in [-0.15, -0.1) is 0 Å². The van der Waals surface area contributed by atoms with Crippen molar-refractivity contribution in [1.82, 2.24) is 5.32 Å². The van der Waals surface area contributed by atoms with Crippen LogP contribution in [0.25, 0.3) is 0 Å². The molecule has 0 spiro atoms. The maximum Gasteiger partial charge on any atom is 0.169 e. The molecule has 15 heavy (non-hydrogen) atoms. The number of benzene rings is 1. The highest BCUT2D eigenvalue weighted by atomic mass is 19.1. The lowest BCUT2D eigenvalue weighted by atomic mass is 10.1. The lowest BCUT2D eigenvalue weighted by molar-refractivity contribution is 0.168. The van der Waals surface area contributed by atoms with Gasteiger partial charge in [0.25, 0.3) is 0 Å². The van der Waals surface area contributed by atoms with E-state index in [9.17, 15) is 4.39 Å². The van der Waals surface area contributed by atoms with E-state index in [4.69, 9.17) is 9.47 Å². The molecule has 1 aromatic rings. The van der Waals surface area contributed by atoms with Crippen LogP contribution in [0, 0.1) is 5.82 Å². The van der Waals surface area contributed by atoms with E-state index in [1.807, 2.05) is 0 Å². The SMILES string of the molecule is CNC(COC)c1cccc(OC)c1F. The Balaban J connectivity index is 3.01. The van der Waals surface area contributed by atoms with Gasteiger partial charge in [0.2, 0.25) is 0 Å². The van der Waals surface area contributed by atoms with Crippen molar-refractivity contribution in [1.29, 1.82) is 0 Å². The van der Waals surface area contributed by atoms with Gasteiger partial charge in [-0.2, -0.15) is 0 Å². The minimum absolute atomic E-state index is 0.162. The predicted molar refractivity (Wildman–Crippen MR) is 56.6 cm³/mol. The molecule has 1 N–H and O–H groups in total. The third-order valence-corrected chi connectivity index (χ3v) is 2.27.